The van der Waals surface area contributed by atoms with E-state index in [1.54, 1.807) is 48.2 Å². The minimum Gasteiger partial charge on any atom is -0.494 e. The van der Waals surface area contributed by atoms with Crippen molar-refractivity contribution in [3.8, 4) is 17.1 Å². The first kappa shape index (κ1) is 23.7. The van der Waals surface area contributed by atoms with Crippen LogP contribution in [0.3, 0.4) is 0 Å². The lowest BCUT2D eigenvalue weighted by Gasteiger charge is -2.32. The van der Waals surface area contributed by atoms with Crippen LogP contribution in [0.1, 0.15) is 31.4 Å². The molecule has 0 aliphatic carbocycles. The summed E-state index contributed by atoms with van der Waals surface area (Å²) in [4.78, 5) is 13.9. The fraction of sp³-hybridized carbons (Fsp3) is 0.320. The highest BCUT2D eigenvalue weighted by molar-refractivity contribution is 7.89. The molecule has 182 valence electrons. The smallest absolute Gasteiger partial charge is 0.243 e. The monoisotopic (exact) mass is 511 g/mol. The largest absolute Gasteiger partial charge is 0.494 e. The molecule has 0 saturated carbocycles. The molecule has 0 spiro atoms. The maximum atomic E-state index is 13.3. The SMILES string of the molecule is CCc1ccc(S(=O)(=O)N2CCC(n3c(-c4ccncc4Cl)nc4c(OC)ccnc43)CC2)cc1. The van der Waals surface area contributed by atoms with Crippen LogP contribution < -0.4 is 4.74 Å². The van der Waals surface area contributed by atoms with Crippen molar-refractivity contribution < 1.29 is 13.2 Å². The van der Waals surface area contributed by atoms with Crippen LogP contribution in [0.4, 0.5) is 0 Å². The number of imidazole rings is 1. The van der Waals surface area contributed by atoms with Crippen LogP contribution in [-0.4, -0.2) is 52.4 Å². The molecule has 1 saturated heterocycles. The summed E-state index contributed by atoms with van der Waals surface area (Å²) in [7, 11) is -1.96. The highest BCUT2D eigenvalue weighted by Crippen LogP contribution is 2.38. The number of benzene rings is 1. The zero-order chi connectivity index (χ0) is 24.6. The average molecular weight is 512 g/mol. The van der Waals surface area contributed by atoms with Gasteiger partial charge in [-0.2, -0.15) is 4.31 Å². The Hall–Kier alpha value is -3.01. The predicted octanol–water partition coefficient (Wildman–Crippen LogP) is 4.74. The second-order valence-corrected chi connectivity index (χ2v) is 10.8. The summed E-state index contributed by atoms with van der Waals surface area (Å²) < 4.78 is 35.7. The summed E-state index contributed by atoms with van der Waals surface area (Å²) in [6.07, 6.45) is 7.06. The fourth-order valence-electron chi connectivity index (χ4n) is 4.61. The van der Waals surface area contributed by atoms with Gasteiger partial charge in [0, 0.05) is 49.4 Å². The molecule has 0 atom stereocenters. The summed E-state index contributed by atoms with van der Waals surface area (Å²) in [5, 5.41) is 0.485. The summed E-state index contributed by atoms with van der Waals surface area (Å²) >= 11 is 6.49. The number of aromatic nitrogens is 4. The Labute approximate surface area is 209 Å². The van der Waals surface area contributed by atoms with Gasteiger partial charge >= 0.3 is 0 Å². The molecular weight excluding hydrogens is 486 g/mol. The van der Waals surface area contributed by atoms with Crippen LogP contribution in [0.2, 0.25) is 5.02 Å². The van der Waals surface area contributed by atoms with Crippen LogP contribution in [0.15, 0.2) is 59.9 Å². The van der Waals surface area contributed by atoms with E-state index in [0.717, 1.165) is 17.5 Å². The van der Waals surface area contributed by atoms with Gasteiger partial charge in [-0.3, -0.25) is 4.98 Å². The van der Waals surface area contributed by atoms with Gasteiger partial charge in [0.05, 0.1) is 17.0 Å². The summed E-state index contributed by atoms with van der Waals surface area (Å²) in [5.41, 5.74) is 3.18. The minimum absolute atomic E-state index is 0.00671. The molecule has 1 aliphatic rings. The van der Waals surface area contributed by atoms with Crippen LogP contribution in [0.25, 0.3) is 22.6 Å². The van der Waals surface area contributed by atoms with Crippen LogP contribution in [-0.2, 0) is 16.4 Å². The number of hydrogen-bond acceptors (Lipinski definition) is 6. The summed E-state index contributed by atoms with van der Waals surface area (Å²) in [6.45, 7) is 2.84. The molecular formula is C25H26ClN5O3S. The Bertz CT molecular complexity index is 1460. The number of pyridine rings is 2. The highest BCUT2D eigenvalue weighted by atomic mass is 35.5. The van der Waals surface area contributed by atoms with E-state index in [0.29, 0.717) is 58.6 Å². The van der Waals surface area contributed by atoms with E-state index >= 15 is 0 Å². The zero-order valence-corrected chi connectivity index (χ0v) is 21.1. The van der Waals surface area contributed by atoms with Crippen LogP contribution in [0.5, 0.6) is 5.75 Å². The van der Waals surface area contributed by atoms with Crippen molar-refractivity contribution >= 4 is 32.8 Å². The van der Waals surface area contributed by atoms with Gasteiger partial charge in [-0.05, 0) is 43.0 Å². The van der Waals surface area contributed by atoms with E-state index in [1.807, 2.05) is 25.1 Å². The van der Waals surface area contributed by atoms with Crippen LogP contribution >= 0.6 is 11.6 Å². The van der Waals surface area contributed by atoms with Gasteiger partial charge in [0.2, 0.25) is 10.0 Å². The summed E-state index contributed by atoms with van der Waals surface area (Å²) in [5.74, 6) is 1.29. The number of rotatable bonds is 6. The Kier molecular flexibility index (Phi) is 6.48. The van der Waals surface area contributed by atoms with Crippen molar-refractivity contribution in [3.63, 3.8) is 0 Å². The third-order valence-corrected chi connectivity index (χ3v) is 8.75. The lowest BCUT2D eigenvalue weighted by molar-refractivity contribution is 0.278. The van der Waals surface area contributed by atoms with Crippen molar-refractivity contribution in [2.45, 2.75) is 37.1 Å². The average Bonchev–Trinajstić information content (AvgIpc) is 3.28. The Morgan fingerprint density at radius 1 is 1.09 bits per heavy atom. The molecule has 0 amide bonds. The molecule has 1 aliphatic heterocycles. The van der Waals surface area contributed by atoms with Gasteiger partial charge in [-0.25, -0.2) is 18.4 Å². The Morgan fingerprint density at radius 3 is 2.49 bits per heavy atom. The van der Waals surface area contributed by atoms with Gasteiger partial charge in [0.1, 0.15) is 11.6 Å². The molecule has 0 N–H and O–H groups in total. The zero-order valence-electron chi connectivity index (χ0n) is 19.6. The van der Waals surface area contributed by atoms with Crippen LogP contribution in [0, 0.1) is 0 Å². The van der Waals surface area contributed by atoms with Crippen molar-refractivity contribution in [2.24, 2.45) is 0 Å². The van der Waals surface area contributed by atoms with Gasteiger partial charge in [-0.15, -0.1) is 0 Å². The molecule has 35 heavy (non-hydrogen) atoms. The van der Waals surface area contributed by atoms with Gasteiger partial charge in [0.25, 0.3) is 0 Å². The first-order valence-corrected chi connectivity index (χ1v) is 13.4. The second-order valence-electron chi connectivity index (χ2n) is 8.48. The number of piperidine rings is 1. The third-order valence-electron chi connectivity index (χ3n) is 6.53. The molecule has 0 radical (unpaired) electrons. The molecule has 5 rings (SSSR count). The number of fused-ring (bicyclic) bond motifs is 1. The molecule has 0 bridgehead atoms. The first-order chi connectivity index (χ1) is 16.9. The number of aryl methyl sites for hydroxylation is 1. The Balaban J connectivity index is 1.49. The van der Waals surface area contributed by atoms with Gasteiger partial charge < -0.3 is 9.30 Å². The minimum atomic E-state index is -3.56. The normalized spacial score (nSPS) is 15.5. The molecule has 8 nitrogen and oxygen atoms in total. The third kappa shape index (κ3) is 4.28. The van der Waals surface area contributed by atoms with Crippen molar-refractivity contribution in [3.05, 3.63) is 65.6 Å². The van der Waals surface area contributed by atoms with E-state index in [-0.39, 0.29) is 6.04 Å². The number of sulfonamides is 1. The molecule has 10 heteroatoms. The molecule has 3 aromatic heterocycles. The first-order valence-electron chi connectivity index (χ1n) is 11.5. The predicted molar refractivity (Wildman–Crippen MR) is 135 cm³/mol. The summed E-state index contributed by atoms with van der Waals surface area (Å²) in [6, 6.07) is 10.7. The molecule has 1 aromatic carbocycles. The molecule has 0 unspecified atom stereocenters. The van der Waals surface area contributed by atoms with Crippen molar-refractivity contribution in [1.29, 1.82) is 0 Å². The van der Waals surface area contributed by atoms with E-state index in [9.17, 15) is 8.42 Å². The molecule has 4 heterocycles. The fourth-order valence-corrected chi connectivity index (χ4v) is 6.28. The molecule has 1 fully saturated rings. The Morgan fingerprint density at radius 2 is 1.83 bits per heavy atom. The standard InChI is InChI=1S/C25H26ClN5O3S/c1-3-17-4-6-19(7-5-17)35(32,33)30-14-10-18(11-15-30)31-24(20-8-12-27-16-21(20)26)29-23-22(34-2)9-13-28-25(23)31/h4-9,12-13,16,18H,3,10-11,14-15H2,1-2H3. The maximum absolute atomic E-state index is 13.3. The van der Waals surface area contributed by atoms with Crippen molar-refractivity contribution in [2.75, 3.05) is 20.2 Å². The van der Waals surface area contributed by atoms with Gasteiger partial charge in [0.15, 0.2) is 11.2 Å². The highest BCUT2D eigenvalue weighted by Gasteiger charge is 2.32. The van der Waals surface area contributed by atoms with Gasteiger partial charge in [-0.1, -0.05) is 30.7 Å². The van der Waals surface area contributed by atoms with E-state index in [2.05, 4.69) is 14.5 Å². The number of nitrogens with zero attached hydrogens (tertiary/aromatic N) is 5. The lowest BCUT2D eigenvalue weighted by atomic mass is 10.1. The topological polar surface area (TPSA) is 90.2 Å². The number of methoxy groups -OCH3 is 1. The lowest BCUT2D eigenvalue weighted by Crippen LogP contribution is -2.39. The maximum Gasteiger partial charge on any atom is 0.243 e. The van der Waals surface area contributed by atoms with Crippen molar-refractivity contribution in [1.82, 2.24) is 23.8 Å². The van der Waals surface area contributed by atoms with E-state index in [1.165, 1.54) is 0 Å². The quantitative estimate of drug-likeness (QED) is 0.371. The molecule has 4 aromatic rings. The van der Waals surface area contributed by atoms with E-state index < -0.39 is 10.0 Å². The van der Waals surface area contributed by atoms with E-state index in [4.69, 9.17) is 21.3 Å². The number of hydrogen-bond donors (Lipinski definition) is 0. The number of halogens is 1. The number of ether oxygens (including phenoxy) is 1. The second kappa shape index (κ2) is 9.56.